The molecule has 0 spiro atoms. The summed E-state index contributed by atoms with van der Waals surface area (Å²) in [7, 11) is 7.68. The molecule has 0 aliphatic carbocycles. The first kappa shape index (κ1) is 20.0. The molecular formula is C20H23NO6. The number of hydrogen-bond acceptors (Lipinski definition) is 6. The molecule has 7 heteroatoms. The zero-order chi connectivity index (χ0) is 19.8. The Morgan fingerprint density at radius 1 is 0.815 bits per heavy atom. The van der Waals surface area contributed by atoms with Crippen molar-refractivity contribution in [3.05, 3.63) is 42.0 Å². The average molecular weight is 373 g/mol. The maximum absolute atomic E-state index is 12.3. The molecule has 2 rings (SSSR count). The Morgan fingerprint density at radius 3 is 1.96 bits per heavy atom. The van der Waals surface area contributed by atoms with Crippen molar-refractivity contribution in [3.63, 3.8) is 0 Å². The first-order valence-electron chi connectivity index (χ1n) is 8.07. The lowest BCUT2D eigenvalue weighted by Gasteiger charge is -2.14. The minimum Gasteiger partial charge on any atom is -0.497 e. The number of methoxy groups -OCH3 is 5. The Hall–Kier alpha value is -3.35. The van der Waals surface area contributed by atoms with Crippen molar-refractivity contribution in [2.24, 2.45) is 0 Å². The first-order valence-corrected chi connectivity index (χ1v) is 8.07. The van der Waals surface area contributed by atoms with Crippen molar-refractivity contribution in [3.8, 4) is 28.7 Å². The molecule has 2 aromatic carbocycles. The van der Waals surface area contributed by atoms with Gasteiger partial charge in [-0.2, -0.15) is 0 Å². The van der Waals surface area contributed by atoms with Gasteiger partial charge in [-0.1, -0.05) is 0 Å². The minimum absolute atomic E-state index is 0.325. The van der Waals surface area contributed by atoms with Crippen molar-refractivity contribution in [2.75, 3.05) is 40.9 Å². The van der Waals surface area contributed by atoms with Crippen LogP contribution in [-0.2, 0) is 4.79 Å². The van der Waals surface area contributed by atoms with Crippen molar-refractivity contribution < 1.29 is 28.5 Å². The van der Waals surface area contributed by atoms with Gasteiger partial charge < -0.3 is 29.0 Å². The van der Waals surface area contributed by atoms with Gasteiger partial charge in [-0.3, -0.25) is 4.79 Å². The highest BCUT2D eigenvalue weighted by Gasteiger charge is 2.14. The molecule has 2 aromatic rings. The zero-order valence-corrected chi connectivity index (χ0v) is 16.0. The monoisotopic (exact) mass is 373 g/mol. The van der Waals surface area contributed by atoms with E-state index in [1.165, 1.54) is 27.4 Å². The Bertz CT molecular complexity index is 806. The van der Waals surface area contributed by atoms with Gasteiger partial charge in [0.25, 0.3) is 0 Å². The molecule has 7 nitrogen and oxygen atoms in total. The number of carbonyl (C=O) groups excluding carboxylic acids is 1. The van der Waals surface area contributed by atoms with Gasteiger partial charge in [-0.15, -0.1) is 0 Å². The molecule has 1 amide bonds. The van der Waals surface area contributed by atoms with Gasteiger partial charge in [0, 0.05) is 29.5 Å². The summed E-state index contributed by atoms with van der Waals surface area (Å²) in [5.41, 5.74) is 1.23. The second kappa shape index (κ2) is 9.38. The van der Waals surface area contributed by atoms with E-state index >= 15 is 0 Å². The average Bonchev–Trinajstić information content (AvgIpc) is 2.70. The Morgan fingerprint density at radius 2 is 1.44 bits per heavy atom. The largest absolute Gasteiger partial charge is 0.497 e. The van der Waals surface area contributed by atoms with Crippen molar-refractivity contribution in [1.82, 2.24) is 0 Å². The van der Waals surface area contributed by atoms with E-state index in [1.54, 1.807) is 50.6 Å². The van der Waals surface area contributed by atoms with Gasteiger partial charge >= 0.3 is 0 Å². The predicted molar refractivity (Wildman–Crippen MR) is 103 cm³/mol. The molecule has 0 saturated carbocycles. The predicted octanol–water partition coefficient (Wildman–Crippen LogP) is 3.38. The zero-order valence-electron chi connectivity index (χ0n) is 16.0. The number of amides is 1. The topological polar surface area (TPSA) is 75.3 Å². The lowest BCUT2D eigenvalue weighted by Crippen LogP contribution is -2.08. The van der Waals surface area contributed by atoms with Crippen LogP contribution in [-0.4, -0.2) is 41.5 Å². The Kier molecular flexibility index (Phi) is 6.93. The van der Waals surface area contributed by atoms with Gasteiger partial charge in [-0.25, -0.2) is 0 Å². The highest BCUT2D eigenvalue weighted by molar-refractivity contribution is 6.02. The summed E-state index contributed by atoms with van der Waals surface area (Å²) >= 11 is 0. The quantitative estimate of drug-likeness (QED) is 0.715. The van der Waals surface area contributed by atoms with Gasteiger partial charge in [0.2, 0.25) is 11.7 Å². The van der Waals surface area contributed by atoms with Crippen LogP contribution in [0, 0.1) is 0 Å². The number of benzene rings is 2. The van der Waals surface area contributed by atoms with Crippen LogP contribution in [0.1, 0.15) is 5.56 Å². The van der Waals surface area contributed by atoms with E-state index < -0.39 is 0 Å². The summed E-state index contributed by atoms with van der Waals surface area (Å²) in [5, 5.41) is 2.77. The van der Waals surface area contributed by atoms with E-state index in [0.29, 0.717) is 34.4 Å². The van der Waals surface area contributed by atoms with Crippen LogP contribution in [0.5, 0.6) is 28.7 Å². The third kappa shape index (κ3) is 4.84. The van der Waals surface area contributed by atoms with Crippen LogP contribution in [0.25, 0.3) is 6.08 Å². The van der Waals surface area contributed by atoms with E-state index in [9.17, 15) is 4.79 Å². The fraction of sp³-hybridized carbons (Fsp3) is 0.250. The van der Waals surface area contributed by atoms with Crippen molar-refractivity contribution in [1.29, 1.82) is 0 Å². The van der Waals surface area contributed by atoms with Crippen LogP contribution >= 0.6 is 0 Å². The van der Waals surface area contributed by atoms with E-state index in [2.05, 4.69) is 5.32 Å². The molecule has 0 atom stereocenters. The number of carbonyl (C=O) groups is 1. The number of rotatable bonds is 8. The molecule has 0 fully saturated rings. The molecule has 144 valence electrons. The number of hydrogen-bond donors (Lipinski definition) is 1. The summed E-state index contributed by atoms with van der Waals surface area (Å²) in [4.78, 5) is 12.3. The fourth-order valence-corrected chi connectivity index (χ4v) is 2.47. The summed E-state index contributed by atoms with van der Waals surface area (Å²) in [5.74, 6) is 2.33. The minimum atomic E-state index is -0.325. The molecule has 0 aliphatic rings. The third-order valence-electron chi connectivity index (χ3n) is 3.78. The van der Waals surface area contributed by atoms with Gasteiger partial charge in [-0.05, 0) is 24.3 Å². The lowest BCUT2D eigenvalue weighted by molar-refractivity contribution is -0.111. The van der Waals surface area contributed by atoms with Crippen LogP contribution in [0.4, 0.5) is 5.69 Å². The van der Waals surface area contributed by atoms with Crippen molar-refractivity contribution in [2.45, 2.75) is 0 Å². The van der Waals surface area contributed by atoms with Crippen LogP contribution in [0.15, 0.2) is 36.4 Å². The molecule has 0 aliphatic heterocycles. The molecule has 0 radical (unpaired) electrons. The maximum atomic E-state index is 12.3. The molecule has 0 bridgehead atoms. The normalized spacial score (nSPS) is 10.4. The second-order valence-corrected chi connectivity index (χ2v) is 5.34. The highest BCUT2D eigenvalue weighted by Crippen LogP contribution is 2.39. The first-order chi connectivity index (χ1) is 13.1. The van der Waals surface area contributed by atoms with Gasteiger partial charge in [0.1, 0.15) is 11.5 Å². The van der Waals surface area contributed by atoms with E-state index in [1.807, 2.05) is 0 Å². The molecule has 1 N–H and O–H groups in total. The van der Waals surface area contributed by atoms with Crippen LogP contribution in [0.2, 0.25) is 0 Å². The molecular weight excluding hydrogens is 350 g/mol. The molecule has 0 heterocycles. The number of anilines is 1. The lowest BCUT2D eigenvalue weighted by atomic mass is 10.1. The fourth-order valence-electron chi connectivity index (χ4n) is 2.47. The molecule has 0 unspecified atom stereocenters. The number of ether oxygens (including phenoxy) is 5. The van der Waals surface area contributed by atoms with Crippen LogP contribution < -0.4 is 29.0 Å². The summed E-state index contributed by atoms with van der Waals surface area (Å²) in [6.45, 7) is 0. The summed E-state index contributed by atoms with van der Waals surface area (Å²) in [6.07, 6.45) is 3.05. The third-order valence-corrected chi connectivity index (χ3v) is 3.78. The van der Waals surface area contributed by atoms with Gasteiger partial charge in [0.05, 0.1) is 35.5 Å². The Labute approximate surface area is 158 Å². The van der Waals surface area contributed by atoms with Gasteiger partial charge in [0.15, 0.2) is 11.5 Å². The summed E-state index contributed by atoms with van der Waals surface area (Å²) in [6, 6.07) is 8.64. The second-order valence-electron chi connectivity index (χ2n) is 5.34. The summed E-state index contributed by atoms with van der Waals surface area (Å²) < 4.78 is 26.3. The SMILES string of the molecule is COc1ccc(OC)c(/C=C/C(=O)Nc2cc(OC)c(OC)c(OC)c2)c1. The van der Waals surface area contributed by atoms with E-state index in [4.69, 9.17) is 23.7 Å². The molecule has 0 saturated heterocycles. The molecule has 27 heavy (non-hydrogen) atoms. The Balaban J connectivity index is 2.22. The highest BCUT2D eigenvalue weighted by atomic mass is 16.5. The maximum Gasteiger partial charge on any atom is 0.248 e. The number of nitrogens with one attached hydrogen (secondary N) is 1. The van der Waals surface area contributed by atoms with Crippen molar-refractivity contribution >= 4 is 17.7 Å². The molecule has 0 aromatic heterocycles. The van der Waals surface area contributed by atoms with Crippen LogP contribution in [0.3, 0.4) is 0 Å². The standard InChI is InChI=1S/C20H23NO6/c1-23-15-7-8-16(24-2)13(10-15)6-9-19(22)21-14-11-17(25-3)20(27-5)18(12-14)26-4/h6-12H,1-5H3,(H,21,22)/b9-6+. The van der Waals surface area contributed by atoms with E-state index in [-0.39, 0.29) is 5.91 Å². The smallest absolute Gasteiger partial charge is 0.248 e. The van der Waals surface area contributed by atoms with E-state index in [0.717, 1.165) is 5.56 Å².